The van der Waals surface area contributed by atoms with Gasteiger partial charge in [0, 0.05) is 15.5 Å². The maximum Gasteiger partial charge on any atom is 0.257 e. The fourth-order valence-corrected chi connectivity index (χ4v) is 1.57. The van der Waals surface area contributed by atoms with E-state index in [1.807, 2.05) is 0 Å². The molecule has 86 valence electrons. The highest BCUT2D eigenvalue weighted by Crippen LogP contribution is 2.19. The predicted octanol–water partition coefficient (Wildman–Crippen LogP) is 3.37. The number of hydrogen-bond acceptors (Lipinski definition) is 1. The van der Waals surface area contributed by atoms with Gasteiger partial charge in [0.05, 0.1) is 0 Å². The smallest absolute Gasteiger partial charge is 0.257 e. The summed E-state index contributed by atoms with van der Waals surface area (Å²) in [7, 11) is 0. The van der Waals surface area contributed by atoms with Gasteiger partial charge >= 0.3 is 0 Å². The summed E-state index contributed by atoms with van der Waals surface area (Å²) in [5.74, 6) is -2.64. The highest BCUT2D eigenvalue weighted by atomic mass is 79.9. The second kappa shape index (κ2) is 5.54. The number of carbonyl (C=O) groups is 1. The summed E-state index contributed by atoms with van der Waals surface area (Å²) in [4.78, 5) is 11.4. The normalized spacial score (nSPS) is 10.0. The van der Waals surface area contributed by atoms with E-state index in [1.54, 1.807) is 0 Å². The molecule has 0 aliphatic rings. The number of carbonyl (C=O) groups excluding carboxylic acids is 1. The first-order chi connectivity index (χ1) is 7.41. The van der Waals surface area contributed by atoms with Gasteiger partial charge in [-0.05, 0) is 12.1 Å². The van der Waals surface area contributed by atoms with Gasteiger partial charge in [-0.25, -0.2) is 8.78 Å². The average Bonchev–Trinajstić information content (AvgIpc) is 2.12. The molecule has 0 heterocycles. The van der Waals surface area contributed by atoms with E-state index in [4.69, 9.17) is 0 Å². The Bertz CT molecular complexity index is 425. The molecule has 0 aliphatic heterocycles. The summed E-state index contributed by atoms with van der Waals surface area (Å²) in [6.07, 6.45) is 0. The molecule has 1 amide bonds. The van der Waals surface area contributed by atoms with Crippen molar-refractivity contribution in [1.82, 2.24) is 5.32 Å². The Kier molecular flexibility index (Phi) is 4.61. The van der Waals surface area contributed by atoms with Gasteiger partial charge in [-0.3, -0.25) is 4.79 Å². The number of amides is 1. The van der Waals surface area contributed by atoms with Crippen molar-refractivity contribution >= 4 is 37.8 Å². The molecule has 0 bridgehead atoms. The zero-order valence-corrected chi connectivity index (χ0v) is 11.2. The second-order valence-corrected chi connectivity index (χ2v) is 4.98. The monoisotopic (exact) mass is 353 g/mol. The lowest BCUT2D eigenvalue weighted by Crippen LogP contribution is -2.26. The van der Waals surface area contributed by atoms with Crippen molar-refractivity contribution in [2.75, 3.05) is 6.54 Å². The molecule has 2 nitrogen and oxygen atoms in total. The molecule has 0 atom stereocenters. The average molecular weight is 355 g/mol. The van der Waals surface area contributed by atoms with Crippen LogP contribution in [0.5, 0.6) is 0 Å². The van der Waals surface area contributed by atoms with Crippen LogP contribution in [0.3, 0.4) is 0 Å². The van der Waals surface area contributed by atoms with Crippen molar-refractivity contribution in [2.45, 2.75) is 0 Å². The minimum Gasteiger partial charge on any atom is -0.347 e. The largest absolute Gasteiger partial charge is 0.347 e. The van der Waals surface area contributed by atoms with Crippen molar-refractivity contribution < 1.29 is 13.6 Å². The summed E-state index contributed by atoms with van der Waals surface area (Å²) in [5.41, 5.74) is -0.600. The van der Waals surface area contributed by atoms with Crippen molar-refractivity contribution in [2.24, 2.45) is 0 Å². The number of benzene rings is 1. The topological polar surface area (TPSA) is 29.1 Å². The fraction of sp³-hybridized carbons (Fsp3) is 0.100. The predicted molar refractivity (Wildman–Crippen MR) is 64.5 cm³/mol. The maximum absolute atomic E-state index is 13.3. The Balaban J connectivity index is 2.95. The summed E-state index contributed by atoms with van der Waals surface area (Å²) < 4.78 is 27.4. The van der Waals surface area contributed by atoms with Crippen LogP contribution >= 0.6 is 31.9 Å². The minimum absolute atomic E-state index is 0.105. The van der Waals surface area contributed by atoms with Gasteiger partial charge in [0.15, 0.2) is 0 Å². The Hall–Kier alpha value is -0.750. The Morgan fingerprint density at radius 3 is 2.31 bits per heavy atom. The van der Waals surface area contributed by atoms with E-state index in [0.29, 0.717) is 4.48 Å². The molecule has 1 N–H and O–H groups in total. The summed E-state index contributed by atoms with van der Waals surface area (Å²) in [6, 6.07) is 2.06. The lowest BCUT2D eigenvalue weighted by molar-refractivity contribution is 0.0949. The van der Waals surface area contributed by atoms with Gasteiger partial charge in [-0.2, -0.15) is 0 Å². The van der Waals surface area contributed by atoms with Crippen LogP contribution < -0.4 is 5.32 Å². The third-order valence-electron chi connectivity index (χ3n) is 1.67. The zero-order chi connectivity index (χ0) is 12.3. The van der Waals surface area contributed by atoms with E-state index >= 15 is 0 Å². The third-order valence-corrected chi connectivity index (χ3v) is 2.41. The highest BCUT2D eigenvalue weighted by Gasteiger charge is 2.17. The fourth-order valence-electron chi connectivity index (χ4n) is 1.02. The van der Waals surface area contributed by atoms with Crippen molar-refractivity contribution in [3.63, 3.8) is 0 Å². The standard InChI is InChI=1S/C10H7Br2F2NO/c1-5(11)4-15-10(16)9-7(13)2-6(12)3-8(9)14/h2-3H,1,4H2,(H,15,16). The lowest BCUT2D eigenvalue weighted by atomic mass is 10.2. The van der Waals surface area contributed by atoms with Gasteiger partial charge in [-0.1, -0.05) is 38.4 Å². The van der Waals surface area contributed by atoms with E-state index in [1.165, 1.54) is 0 Å². The highest BCUT2D eigenvalue weighted by molar-refractivity contribution is 9.11. The first kappa shape index (κ1) is 13.3. The molecule has 0 saturated carbocycles. The maximum atomic E-state index is 13.3. The molecule has 1 aromatic carbocycles. The molecule has 0 radical (unpaired) electrons. The van der Waals surface area contributed by atoms with E-state index in [2.05, 4.69) is 43.8 Å². The van der Waals surface area contributed by atoms with Crippen LogP contribution in [-0.4, -0.2) is 12.5 Å². The molecule has 1 rings (SSSR count). The van der Waals surface area contributed by atoms with Crippen molar-refractivity contribution in [3.05, 3.63) is 44.9 Å². The van der Waals surface area contributed by atoms with Crippen molar-refractivity contribution in [3.8, 4) is 0 Å². The van der Waals surface area contributed by atoms with E-state index < -0.39 is 23.1 Å². The van der Waals surface area contributed by atoms with Crippen LogP contribution in [0.15, 0.2) is 27.7 Å². The molecule has 0 saturated heterocycles. The van der Waals surface area contributed by atoms with Crippen LogP contribution in [0.1, 0.15) is 10.4 Å². The molecule has 0 unspecified atom stereocenters. The minimum atomic E-state index is -0.912. The van der Waals surface area contributed by atoms with Gasteiger partial charge in [0.1, 0.15) is 17.2 Å². The van der Waals surface area contributed by atoms with Gasteiger partial charge < -0.3 is 5.32 Å². The summed E-state index contributed by atoms with van der Waals surface area (Å²) in [5, 5.41) is 2.32. The van der Waals surface area contributed by atoms with Crippen LogP contribution in [0, 0.1) is 11.6 Å². The van der Waals surface area contributed by atoms with Gasteiger partial charge in [0.25, 0.3) is 5.91 Å². The van der Waals surface area contributed by atoms with Crippen LogP contribution in [0.2, 0.25) is 0 Å². The third kappa shape index (κ3) is 3.38. The van der Waals surface area contributed by atoms with Crippen molar-refractivity contribution in [1.29, 1.82) is 0 Å². The van der Waals surface area contributed by atoms with E-state index in [-0.39, 0.29) is 11.0 Å². The number of halogens is 4. The molecule has 0 aliphatic carbocycles. The second-order valence-electron chi connectivity index (χ2n) is 2.94. The molecule has 1 aromatic rings. The quantitative estimate of drug-likeness (QED) is 0.885. The Morgan fingerprint density at radius 2 is 1.88 bits per heavy atom. The van der Waals surface area contributed by atoms with E-state index in [0.717, 1.165) is 12.1 Å². The zero-order valence-electron chi connectivity index (χ0n) is 7.99. The molecule has 16 heavy (non-hydrogen) atoms. The first-order valence-corrected chi connectivity index (χ1v) is 5.76. The van der Waals surface area contributed by atoms with Crippen LogP contribution in [0.25, 0.3) is 0 Å². The summed E-state index contributed by atoms with van der Waals surface area (Å²) in [6.45, 7) is 3.59. The van der Waals surface area contributed by atoms with Gasteiger partial charge in [-0.15, -0.1) is 0 Å². The molecule has 0 fully saturated rings. The molecule has 6 heteroatoms. The summed E-state index contributed by atoms with van der Waals surface area (Å²) >= 11 is 5.95. The molecule has 0 aromatic heterocycles. The number of hydrogen-bond donors (Lipinski definition) is 1. The SMILES string of the molecule is C=C(Br)CNC(=O)c1c(F)cc(Br)cc1F. The lowest BCUT2D eigenvalue weighted by Gasteiger charge is -2.06. The van der Waals surface area contributed by atoms with E-state index in [9.17, 15) is 13.6 Å². The van der Waals surface area contributed by atoms with Crippen LogP contribution in [0.4, 0.5) is 8.78 Å². The first-order valence-electron chi connectivity index (χ1n) is 4.18. The Morgan fingerprint density at radius 1 is 1.38 bits per heavy atom. The number of nitrogens with one attached hydrogen (secondary N) is 1. The Labute approximate surface area is 108 Å². The molecule has 0 spiro atoms. The van der Waals surface area contributed by atoms with Crippen LogP contribution in [-0.2, 0) is 0 Å². The molecular formula is C10H7Br2F2NO. The number of rotatable bonds is 3. The van der Waals surface area contributed by atoms with Gasteiger partial charge in [0.2, 0.25) is 0 Å². The molecular weight excluding hydrogens is 348 g/mol.